The molecular formula is C14H14N2O4S. The van der Waals surface area contributed by atoms with Gasteiger partial charge < -0.3 is 10.8 Å². The molecule has 0 aliphatic rings. The van der Waals surface area contributed by atoms with E-state index in [-0.39, 0.29) is 17.0 Å². The number of benzene rings is 2. The lowest BCUT2D eigenvalue weighted by Crippen LogP contribution is -2.29. The third-order valence-corrected chi connectivity index (χ3v) is 3.34. The molecule has 0 aromatic heterocycles. The van der Waals surface area contributed by atoms with Crippen molar-refractivity contribution in [3.05, 3.63) is 48.0 Å². The number of nitrogens with two attached hydrogens (primary N) is 1. The van der Waals surface area contributed by atoms with Crippen LogP contribution < -0.4 is 10.5 Å². The first-order chi connectivity index (χ1) is 9.78. The molecule has 0 fully saturated rings. The normalized spacial score (nSPS) is 11.1. The van der Waals surface area contributed by atoms with E-state index in [2.05, 4.69) is 0 Å². The standard InChI is InChI=1S/C14H14N2O4S/c1-21(19,20)16-14(18)10-5-2-4-9(8-10)11-6-3-7-12(15)13(11)17/h2-8,17H,15H2,1H3,(H,16,18). The maximum atomic E-state index is 11.8. The molecule has 21 heavy (non-hydrogen) atoms. The van der Waals surface area contributed by atoms with E-state index in [1.54, 1.807) is 30.3 Å². The summed E-state index contributed by atoms with van der Waals surface area (Å²) >= 11 is 0. The van der Waals surface area contributed by atoms with Gasteiger partial charge in [0.2, 0.25) is 10.0 Å². The number of para-hydroxylation sites is 1. The Morgan fingerprint density at radius 2 is 1.86 bits per heavy atom. The summed E-state index contributed by atoms with van der Waals surface area (Å²) in [7, 11) is -3.63. The van der Waals surface area contributed by atoms with Crippen molar-refractivity contribution in [2.45, 2.75) is 0 Å². The van der Waals surface area contributed by atoms with Crippen LogP contribution in [-0.4, -0.2) is 25.7 Å². The van der Waals surface area contributed by atoms with Crippen LogP contribution in [0.2, 0.25) is 0 Å². The molecule has 0 aliphatic carbocycles. The number of aromatic hydroxyl groups is 1. The van der Waals surface area contributed by atoms with Crippen LogP contribution in [0, 0.1) is 0 Å². The minimum atomic E-state index is -3.63. The molecule has 0 saturated carbocycles. The van der Waals surface area contributed by atoms with E-state index in [4.69, 9.17) is 5.73 Å². The molecule has 0 heterocycles. The maximum absolute atomic E-state index is 11.8. The highest BCUT2D eigenvalue weighted by Gasteiger charge is 2.13. The van der Waals surface area contributed by atoms with Gasteiger partial charge in [-0.05, 0) is 23.8 Å². The van der Waals surface area contributed by atoms with Crippen LogP contribution in [-0.2, 0) is 10.0 Å². The fourth-order valence-corrected chi connectivity index (χ4v) is 2.30. The number of carbonyl (C=O) groups excluding carboxylic acids is 1. The first kappa shape index (κ1) is 14.9. The molecule has 110 valence electrons. The van der Waals surface area contributed by atoms with Gasteiger partial charge in [0.15, 0.2) is 0 Å². The number of rotatable bonds is 3. The zero-order valence-electron chi connectivity index (χ0n) is 11.2. The number of phenolic OH excluding ortho intramolecular Hbond substituents is 1. The van der Waals surface area contributed by atoms with E-state index in [1.807, 2.05) is 4.72 Å². The van der Waals surface area contributed by atoms with Gasteiger partial charge in [-0.1, -0.05) is 24.3 Å². The molecule has 0 atom stereocenters. The molecular weight excluding hydrogens is 292 g/mol. The minimum Gasteiger partial charge on any atom is -0.505 e. The lowest BCUT2D eigenvalue weighted by Gasteiger charge is -2.09. The Bertz CT molecular complexity index is 800. The molecule has 0 radical (unpaired) electrons. The molecule has 2 aromatic rings. The quantitative estimate of drug-likeness (QED) is 0.585. The molecule has 7 heteroatoms. The number of amides is 1. The van der Waals surface area contributed by atoms with Gasteiger partial charge in [-0.3, -0.25) is 4.79 Å². The second-order valence-corrected chi connectivity index (χ2v) is 6.28. The van der Waals surface area contributed by atoms with Gasteiger partial charge in [-0.25, -0.2) is 13.1 Å². The molecule has 6 nitrogen and oxygen atoms in total. The third-order valence-electron chi connectivity index (χ3n) is 2.78. The van der Waals surface area contributed by atoms with Crippen molar-refractivity contribution in [2.75, 3.05) is 12.0 Å². The summed E-state index contributed by atoms with van der Waals surface area (Å²) in [5.41, 5.74) is 7.04. The number of nitrogens with one attached hydrogen (secondary N) is 1. The third kappa shape index (κ3) is 3.51. The highest BCUT2D eigenvalue weighted by molar-refractivity contribution is 7.89. The van der Waals surface area contributed by atoms with Crippen molar-refractivity contribution in [1.29, 1.82) is 0 Å². The lowest BCUT2D eigenvalue weighted by molar-refractivity contribution is 0.0981. The lowest BCUT2D eigenvalue weighted by atomic mass is 10.0. The van der Waals surface area contributed by atoms with E-state index < -0.39 is 15.9 Å². The highest BCUT2D eigenvalue weighted by Crippen LogP contribution is 2.33. The number of phenols is 1. The molecule has 2 aromatic carbocycles. The van der Waals surface area contributed by atoms with Crippen LogP contribution in [0.25, 0.3) is 11.1 Å². The summed E-state index contributed by atoms with van der Waals surface area (Å²) in [6, 6.07) is 11.1. The Hall–Kier alpha value is -2.54. The second kappa shape index (κ2) is 5.45. The number of nitrogen functional groups attached to an aromatic ring is 1. The molecule has 0 aliphatic heterocycles. The van der Waals surface area contributed by atoms with Gasteiger partial charge in [0.1, 0.15) is 5.75 Å². The molecule has 0 spiro atoms. The van der Waals surface area contributed by atoms with Crippen molar-refractivity contribution >= 4 is 21.6 Å². The summed E-state index contributed by atoms with van der Waals surface area (Å²) < 4.78 is 24.0. The van der Waals surface area contributed by atoms with E-state index in [0.29, 0.717) is 11.1 Å². The topological polar surface area (TPSA) is 109 Å². The molecule has 0 unspecified atom stereocenters. The van der Waals surface area contributed by atoms with E-state index in [0.717, 1.165) is 6.26 Å². The number of hydrogen-bond acceptors (Lipinski definition) is 5. The molecule has 1 amide bonds. The first-order valence-corrected chi connectivity index (χ1v) is 7.87. The van der Waals surface area contributed by atoms with Gasteiger partial charge in [-0.2, -0.15) is 0 Å². The van der Waals surface area contributed by atoms with Crippen LogP contribution in [0.4, 0.5) is 5.69 Å². The smallest absolute Gasteiger partial charge is 0.264 e. The summed E-state index contributed by atoms with van der Waals surface area (Å²) in [5, 5.41) is 9.95. The highest BCUT2D eigenvalue weighted by atomic mass is 32.2. The van der Waals surface area contributed by atoms with Crippen LogP contribution in [0.3, 0.4) is 0 Å². The van der Waals surface area contributed by atoms with Crippen molar-refractivity contribution < 1.29 is 18.3 Å². The fourth-order valence-electron chi connectivity index (χ4n) is 1.85. The largest absolute Gasteiger partial charge is 0.505 e. The van der Waals surface area contributed by atoms with E-state index in [1.165, 1.54) is 12.1 Å². The Kier molecular flexibility index (Phi) is 3.86. The number of hydrogen-bond donors (Lipinski definition) is 3. The molecule has 0 saturated heterocycles. The van der Waals surface area contributed by atoms with E-state index >= 15 is 0 Å². The van der Waals surface area contributed by atoms with Crippen molar-refractivity contribution in [1.82, 2.24) is 4.72 Å². The van der Waals surface area contributed by atoms with Crippen LogP contribution in [0.15, 0.2) is 42.5 Å². The van der Waals surface area contributed by atoms with Gasteiger partial charge >= 0.3 is 0 Å². The molecule has 0 bridgehead atoms. The van der Waals surface area contributed by atoms with Crippen molar-refractivity contribution in [2.24, 2.45) is 0 Å². The van der Waals surface area contributed by atoms with Crippen molar-refractivity contribution in [3.8, 4) is 16.9 Å². The second-order valence-electron chi connectivity index (χ2n) is 4.53. The summed E-state index contributed by atoms with van der Waals surface area (Å²) in [6.07, 6.45) is 0.901. The minimum absolute atomic E-state index is 0.0850. The van der Waals surface area contributed by atoms with Crippen LogP contribution in [0.1, 0.15) is 10.4 Å². The monoisotopic (exact) mass is 306 g/mol. The molecule has 2 rings (SSSR count). The van der Waals surface area contributed by atoms with Crippen molar-refractivity contribution in [3.63, 3.8) is 0 Å². The average molecular weight is 306 g/mol. The summed E-state index contributed by atoms with van der Waals surface area (Å²) in [5.74, 6) is -0.819. The first-order valence-electron chi connectivity index (χ1n) is 5.98. The fraction of sp³-hybridized carbons (Fsp3) is 0.0714. The average Bonchev–Trinajstić information content (AvgIpc) is 2.40. The number of carbonyl (C=O) groups is 1. The summed E-state index contributed by atoms with van der Waals surface area (Å²) in [4.78, 5) is 11.8. The summed E-state index contributed by atoms with van der Waals surface area (Å²) in [6.45, 7) is 0. The Morgan fingerprint density at radius 1 is 1.19 bits per heavy atom. The number of sulfonamides is 1. The predicted octanol–water partition coefficient (Wildman–Crippen LogP) is 1.33. The Labute approximate surface area is 122 Å². The Morgan fingerprint density at radius 3 is 2.52 bits per heavy atom. The Balaban J connectivity index is 2.43. The zero-order chi connectivity index (χ0) is 15.6. The molecule has 4 N–H and O–H groups in total. The SMILES string of the molecule is CS(=O)(=O)NC(=O)c1cccc(-c2cccc(N)c2O)c1. The van der Waals surface area contributed by atoms with E-state index in [9.17, 15) is 18.3 Å². The predicted molar refractivity (Wildman–Crippen MR) is 80.3 cm³/mol. The van der Waals surface area contributed by atoms with Gasteiger partial charge in [0.05, 0.1) is 11.9 Å². The van der Waals surface area contributed by atoms with Gasteiger partial charge in [-0.15, -0.1) is 0 Å². The van der Waals surface area contributed by atoms with Gasteiger partial charge in [0.25, 0.3) is 5.91 Å². The van der Waals surface area contributed by atoms with Crippen LogP contribution in [0.5, 0.6) is 5.75 Å². The van der Waals surface area contributed by atoms with Gasteiger partial charge in [0, 0.05) is 11.1 Å². The van der Waals surface area contributed by atoms with Crippen LogP contribution >= 0.6 is 0 Å². The number of anilines is 1. The maximum Gasteiger partial charge on any atom is 0.264 e. The zero-order valence-corrected chi connectivity index (χ0v) is 12.0.